The topological polar surface area (TPSA) is 32.3 Å². The number of amides is 1. The lowest BCUT2D eigenvalue weighted by Crippen LogP contribution is -2.51. The lowest BCUT2D eigenvalue weighted by Gasteiger charge is -2.32. The van der Waals surface area contributed by atoms with Gasteiger partial charge in [-0.1, -0.05) is 23.2 Å². The Hall–Kier alpha value is -0.480. The third kappa shape index (κ3) is 3.51. The first kappa shape index (κ1) is 15.6. The number of nitrogens with one attached hydrogen (secondary N) is 1. The number of hydrogen-bond acceptors (Lipinski definition) is 2. The van der Waals surface area contributed by atoms with Crippen molar-refractivity contribution in [1.29, 1.82) is 0 Å². The van der Waals surface area contributed by atoms with Crippen LogP contribution in [-0.2, 0) is 0 Å². The molecule has 2 rings (SSSR count). The number of hydrogen-bond donors (Lipinski definition) is 1. The van der Waals surface area contributed by atoms with Crippen LogP contribution in [0.3, 0.4) is 0 Å². The molecular formula is C12H15Cl3N2O. The van der Waals surface area contributed by atoms with Crippen molar-refractivity contribution in [2.24, 2.45) is 0 Å². The summed E-state index contributed by atoms with van der Waals surface area (Å²) in [6.45, 7) is 4.29. The molecule has 0 radical (unpaired) electrons. The van der Waals surface area contributed by atoms with Gasteiger partial charge < -0.3 is 10.2 Å². The highest BCUT2D eigenvalue weighted by Gasteiger charge is 2.23. The second-order valence-corrected chi connectivity index (χ2v) is 5.07. The minimum absolute atomic E-state index is 0. The summed E-state index contributed by atoms with van der Waals surface area (Å²) in [5.74, 6) is -0.0278. The molecule has 0 bridgehead atoms. The van der Waals surface area contributed by atoms with Crippen molar-refractivity contribution >= 4 is 41.5 Å². The Labute approximate surface area is 123 Å². The van der Waals surface area contributed by atoms with Gasteiger partial charge >= 0.3 is 0 Å². The van der Waals surface area contributed by atoms with Crippen LogP contribution in [0.25, 0.3) is 0 Å². The maximum absolute atomic E-state index is 12.2. The quantitative estimate of drug-likeness (QED) is 0.865. The average Bonchev–Trinajstić information content (AvgIpc) is 2.28. The molecule has 1 heterocycles. The second-order valence-electron chi connectivity index (χ2n) is 4.23. The predicted molar refractivity (Wildman–Crippen MR) is 77.1 cm³/mol. The summed E-state index contributed by atoms with van der Waals surface area (Å²) in [5.41, 5.74) is 0.519. The van der Waals surface area contributed by atoms with Crippen LogP contribution in [0.5, 0.6) is 0 Å². The summed E-state index contributed by atoms with van der Waals surface area (Å²) in [5, 5.41) is 4.25. The van der Waals surface area contributed by atoms with E-state index in [2.05, 4.69) is 12.2 Å². The molecule has 1 N–H and O–H groups in total. The van der Waals surface area contributed by atoms with Gasteiger partial charge in [-0.2, -0.15) is 0 Å². The molecule has 0 spiro atoms. The molecule has 1 fully saturated rings. The van der Waals surface area contributed by atoms with Crippen molar-refractivity contribution < 1.29 is 4.79 Å². The van der Waals surface area contributed by atoms with Gasteiger partial charge in [0.15, 0.2) is 0 Å². The van der Waals surface area contributed by atoms with Gasteiger partial charge in [0.05, 0.1) is 10.6 Å². The highest BCUT2D eigenvalue weighted by atomic mass is 35.5. The van der Waals surface area contributed by atoms with E-state index >= 15 is 0 Å². The van der Waals surface area contributed by atoms with Crippen molar-refractivity contribution in [2.45, 2.75) is 13.0 Å². The highest BCUT2D eigenvalue weighted by Crippen LogP contribution is 2.22. The number of rotatable bonds is 1. The molecule has 1 aliphatic rings. The van der Waals surface area contributed by atoms with Gasteiger partial charge in [-0.05, 0) is 25.1 Å². The van der Waals surface area contributed by atoms with Crippen molar-refractivity contribution in [3.8, 4) is 0 Å². The molecule has 6 heteroatoms. The zero-order valence-electron chi connectivity index (χ0n) is 9.95. The van der Waals surface area contributed by atoms with Crippen molar-refractivity contribution in [3.63, 3.8) is 0 Å². The van der Waals surface area contributed by atoms with Gasteiger partial charge in [-0.3, -0.25) is 4.79 Å². The predicted octanol–water partition coefficient (Wildman–Crippen LogP) is 2.85. The number of halogens is 3. The van der Waals surface area contributed by atoms with Crippen LogP contribution in [-0.4, -0.2) is 36.5 Å². The smallest absolute Gasteiger partial charge is 0.255 e. The van der Waals surface area contributed by atoms with E-state index in [1.165, 1.54) is 0 Å². The molecule has 1 saturated heterocycles. The first-order chi connectivity index (χ1) is 8.08. The van der Waals surface area contributed by atoms with Crippen LogP contribution in [0.15, 0.2) is 18.2 Å². The number of carbonyl (C=O) groups is 1. The molecule has 0 aromatic heterocycles. The molecule has 100 valence electrons. The van der Waals surface area contributed by atoms with Crippen LogP contribution >= 0.6 is 35.6 Å². The lowest BCUT2D eigenvalue weighted by atomic mass is 10.1. The van der Waals surface area contributed by atoms with Crippen molar-refractivity contribution in [1.82, 2.24) is 10.2 Å². The maximum Gasteiger partial charge on any atom is 0.255 e. The fraction of sp³-hybridized carbons (Fsp3) is 0.417. The summed E-state index contributed by atoms with van der Waals surface area (Å²) < 4.78 is 0. The van der Waals surface area contributed by atoms with Gasteiger partial charge in [0, 0.05) is 30.7 Å². The number of benzene rings is 1. The largest absolute Gasteiger partial charge is 0.336 e. The molecule has 1 aliphatic heterocycles. The second kappa shape index (κ2) is 6.62. The minimum atomic E-state index is -0.0278. The van der Waals surface area contributed by atoms with E-state index < -0.39 is 0 Å². The van der Waals surface area contributed by atoms with Crippen LogP contribution in [0.1, 0.15) is 17.3 Å². The Kier molecular flexibility index (Phi) is 5.73. The molecule has 1 aromatic rings. The molecule has 1 amide bonds. The Bertz CT molecular complexity index is 439. The van der Waals surface area contributed by atoms with Crippen LogP contribution in [0.4, 0.5) is 0 Å². The Balaban J connectivity index is 0.00000162. The zero-order valence-corrected chi connectivity index (χ0v) is 12.3. The summed E-state index contributed by atoms with van der Waals surface area (Å²) in [7, 11) is 0. The molecule has 18 heavy (non-hydrogen) atoms. The first-order valence-corrected chi connectivity index (χ1v) is 6.31. The standard InChI is InChI=1S/C12H14Cl2N2O.ClH/c1-8-7-16(5-4-15-8)12(17)10-3-2-9(13)6-11(10)14;/h2-3,6,8,15H,4-5,7H2,1H3;1H/t8-;/m0./s1. The van der Waals surface area contributed by atoms with E-state index in [0.29, 0.717) is 34.7 Å². The fourth-order valence-electron chi connectivity index (χ4n) is 1.95. The highest BCUT2D eigenvalue weighted by molar-refractivity contribution is 6.36. The maximum atomic E-state index is 12.2. The Morgan fingerprint density at radius 2 is 2.17 bits per heavy atom. The van der Waals surface area contributed by atoms with E-state index in [-0.39, 0.29) is 18.3 Å². The molecule has 0 saturated carbocycles. The number of carbonyl (C=O) groups excluding carboxylic acids is 1. The van der Waals surface area contributed by atoms with Crippen molar-refractivity contribution in [2.75, 3.05) is 19.6 Å². The molecule has 0 unspecified atom stereocenters. The average molecular weight is 310 g/mol. The lowest BCUT2D eigenvalue weighted by molar-refractivity contribution is 0.0709. The van der Waals surface area contributed by atoms with E-state index in [1.54, 1.807) is 18.2 Å². The molecule has 1 aromatic carbocycles. The van der Waals surface area contributed by atoms with Gasteiger partial charge in [0.2, 0.25) is 0 Å². The van der Waals surface area contributed by atoms with Crippen LogP contribution in [0, 0.1) is 0 Å². The summed E-state index contributed by atoms with van der Waals surface area (Å²) in [6.07, 6.45) is 0. The minimum Gasteiger partial charge on any atom is -0.336 e. The summed E-state index contributed by atoms with van der Waals surface area (Å²) in [6, 6.07) is 5.28. The monoisotopic (exact) mass is 308 g/mol. The van der Waals surface area contributed by atoms with Crippen LogP contribution in [0.2, 0.25) is 10.0 Å². The summed E-state index contributed by atoms with van der Waals surface area (Å²) >= 11 is 11.8. The van der Waals surface area contributed by atoms with Gasteiger partial charge in [0.1, 0.15) is 0 Å². The fourth-order valence-corrected chi connectivity index (χ4v) is 2.44. The first-order valence-electron chi connectivity index (χ1n) is 5.55. The van der Waals surface area contributed by atoms with E-state index in [1.807, 2.05) is 4.90 Å². The zero-order chi connectivity index (χ0) is 12.4. The molecule has 0 aliphatic carbocycles. The van der Waals surface area contributed by atoms with E-state index in [0.717, 1.165) is 6.54 Å². The molecule has 1 atom stereocenters. The van der Waals surface area contributed by atoms with E-state index in [9.17, 15) is 4.79 Å². The third-order valence-corrected chi connectivity index (χ3v) is 3.37. The van der Waals surface area contributed by atoms with E-state index in [4.69, 9.17) is 23.2 Å². The van der Waals surface area contributed by atoms with Gasteiger partial charge in [-0.25, -0.2) is 0 Å². The molecular weight excluding hydrogens is 295 g/mol. The molecule has 3 nitrogen and oxygen atoms in total. The third-order valence-electron chi connectivity index (χ3n) is 2.82. The van der Waals surface area contributed by atoms with Crippen LogP contribution < -0.4 is 5.32 Å². The number of nitrogens with zero attached hydrogens (tertiary/aromatic N) is 1. The Morgan fingerprint density at radius 1 is 1.44 bits per heavy atom. The normalized spacial score (nSPS) is 19.3. The van der Waals surface area contributed by atoms with Gasteiger partial charge in [-0.15, -0.1) is 12.4 Å². The Morgan fingerprint density at radius 3 is 2.78 bits per heavy atom. The SMILES string of the molecule is C[C@H]1CN(C(=O)c2ccc(Cl)cc2Cl)CCN1.Cl. The summed E-state index contributed by atoms with van der Waals surface area (Å²) in [4.78, 5) is 14.1. The van der Waals surface area contributed by atoms with Gasteiger partial charge in [0.25, 0.3) is 5.91 Å². The number of piperazine rings is 1. The van der Waals surface area contributed by atoms with Crippen molar-refractivity contribution in [3.05, 3.63) is 33.8 Å².